The van der Waals surface area contributed by atoms with E-state index in [2.05, 4.69) is 9.88 Å². The normalized spacial score (nSPS) is 19.7. The van der Waals surface area contributed by atoms with Gasteiger partial charge in [0.25, 0.3) is 5.91 Å². The molecule has 0 bridgehead atoms. The monoisotopic (exact) mass is 353 g/mol. The molecule has 1 atom stereocenters. The summed E-state index contributed by atoms with van der Waals surface area (Å²) >= 11 is 0. The van der Waals surface area contributed by atoms with Crippen LogP contribution in [0.25, 0.3) is 0 Å². The van der Waals surface area contributed by atoms with Crippen LogP contribution in [-0.4, -0.2) is 49.8 Å². The molecule has 1 saturated heterocycles. The van der Waals surface area contributed by atoms with Gasteiger partial charge in [0.15, 0.2) is 0 Å². The fourth-order valence-corrected chi connectivity index (χ4v) is 3.43. The number of aryl methyl sites for hydroxylation is 1. The third-order valence-corrected chi connectivity index (χ3v) is 4.77. The van der Waals surface area contributed by atoms with Gasteiger partial charge in [0.2, 0.25) is 0 Å². The number of amides is 1. The van der Waals surface area contributed by atoms with Gasteiger partial charge >= 0.3 is 0 Å². The molecule has 0 spiro atoms. The predicted molar refractivity (Wildman–Crippen MR) is 100 cm³/mol. The second kappa shape index (κ2) is 6.96. The van der Waals surface area contributed by atoms with Crippen molar-refractivity contribution in [2.45, 2.75) is 20.0 Å². The number of aromatic nitrogens is 1. The van der Waals surface area contributed by atoms with Gasteiger partial charge in [0.05, 0.1) is 42.9 Å². The Kier molecular flexibility index (Phi) is 4.51. The lowest BCUT2D eigenvalue weighted by atomic mass is 10.1. The molecule has 1 fully saturated rings. The number of fused-ring (bicyclic) bond motifs is 1. The van der Waals surface area contributed by atoms with Crippen LogP contribution in [0.1, 0.15) is 22.8 Å². The Morgan fingerprint density at radius 3 is 2.81 bits per heavy atom. The molecule has 136 valence electrons. The first kappa shape index (κ1) is 16.8. The lowest BCUT2D eigenvalue weighted by molar-refractivity contribution is 0.0960. The van der Waals surface area contributed by atoms with E-state index in [1.807, 2.05) is 44.3 Å². The minimum absolute atomic E-state index is 0.0467. The van der Waals surface area contributed by atoms with E-state index in [9.17, 15) is 4.79 Å². The van der Waals surface area contributed by atoms with Crippen LogP contribution >= 0.6 is 0 Å². The number of nitrogens with zero attached hydrogens (tertiary/aromatic N) is 3. The number of hydrogen-bond donors (Lipinski definition) is 0. The molecule has 3 heterocycles. The molecule has 0 aliphatic carbocycles. The molecule has 0 radical (unpaired) electrons. The first-order chi connectivity index (χ1) is 12.6. The Morgan fingerprint density at radius 1 is 1.19 bits per heavy atom. The number of pyridine rings is 1. The Labute approximate surface area is 153 Å². The molecule has 4 rings (SSSR count). The highest BCUT2D eigenvalue weighted by atomic mass is 16.5. The zero-order chi connectivity index (χ0) is 18.1. The molecule has 0 saturated carbocycles. The predicted octanol–water partition coefficient (Wildman–Crippen LogP) is 2.65. The van der Waals surface area contributed by atoms with Crippen LogP contribution in [0, 0.1) is 6.92 Å². The number of rotatable bonds is 2. The van der Waals surface area contributed by atoms with Crippen molar-refractivity contribution in [1.82, 2.24) is 4.98 Å². The first-order valence-electron chi connectivity index (χ1n) is 8.99. The van der Waals surface area contributed by atoms with Gasteiger partial charge in [0.1, 0.15) is 11.9 Å². The van der Waals surface area contributed by atoms with E-state index < -0.39 is 0 Å². The quantitative estimate of drug-likeness (QED) is 0.831. The van der Waals surface area contributed by atoms with E-state index in [0.717, 1.165) is 35.8 Å². The fraction of sp³-hybridized carbons (Fsp3) is 0.400. The van der Waals surface area contributed by atoms with Crippen LogP contribution in [0.2, 0.25) is 0 Å². The SMILES string of the molecule is Cc1ccc2c(c1)N(C(=O)c1cncc(N3CCOCC3)c1)CC(C)O2. The fourth-order valence-electron chi connectivity index (χ4n) is 3.43. The van der Waals surface area contributed by atoms with Gasteiger partial charge in [-0.15, -0.1) is 0 Å². The van der Waals surface area contributed by atoms with Crippen molar-refractivity contribution in [2.75, 3.05) is 42.6 Å². The summed E-state index contributed by atoms with van der Waals surface area (Å²) in [6.45, 7) is 7.55. The van der Waals surface area contributed by atoms with Crippen molar-refractivity contribution in [3.63, 3.8) is 0 Å². The maximum Gasteiger partial charge on any atom is 0.260 e. The first-order valence-corrected chi connectivity index (χ1v) is 8.99. The van der Waals surface area contributed by atoms with E-state index in [-0.39, 0.29) is 12.0 Å². The zero-order valence-electron chi connectivity index (χ0n) is 15.1. The summed E-state index contributed by atoms with van der Waals surface area (Å²) in [4.78, 5) is 21.6. The molecule has 26 heavy (non-hydrogen) atoms. The van der Waals surface area contributed by atoms with Gasteiger partial charge < -0.3 is 19.3 Å². The summed E-state index contributed by atoms with van der Waals surface area (Å²) in [5, 5.41) is 0. The molecule has 1 amide bonds. The number of anilines is 2. The van der Waals surface area contributed by atoms with Gasteiger partial charge in [0, 0.05) is 19.3 Å². The van der Waals surface area contributed by atoms with Crippen LogP contribution in [0.5, 0.6) is 5.75 Å². The minimum Gasteiger partial charge on any atom is -0.487 e. The molecule has 2 aromatic rings. The lowest BCUT2D eigenvalue weighted by Crippen LogP contribution is -2.42. The van der Waals surface area contributed by atoms with Crippen LogP contribution in [0.4, 0.5) is 11.4 Å². The van der Waals surface area contributed by atoms with Crippen LogP contribution in [0.15, 0.2) is 36.7 Å². The summed E-state index contributed by atoms with van der Waals surface area (Å²) in [6, 6.07) is 7.86. The highest BCUT2D eigenvalue weighted by Crippen LogP contribution is 2.35. The van der Waals surface area contributed by atoms with E-state index in [4.69, 9.17) is 9.47 Å². The largest absolute Gasteiger partial charge is 0.487 e. The van der Waals surface area contributed by atoms with E-state index in [1.54, 1.807) is 11.1 Å². The molecule has 1 aromatic heterocycles. The van der Waals surface area contributed by atoms with Gasteiger partial charge in [-0.25, -0.2) is 0 Å². The average Bonchev–Trinajstić information content (AvgIpc) is 2.68. The zero-order valence-corrected chi connectivity index (χ0v) is 15.1. The number of carbonyl (C=O) groups excluding carboxylic acids is 1. The summed E-state index contributed by atoms with van der Waals surface area (Å²) in [5.74, 6) is 0.703. The van der Waals surface area contributed by atoms with Crippen LogP contribution in [-0.2, 0) is 4.74 Å². The Morgan fingerprint density at radius 2 is 2.00 bits per heavy atom. The number of carbonyl (C=O) groups is 1. The molecule has 2 aliphatic heterocycles. The van der Waals surface area contributed by atoms with Gasteiger partial charge in [-0.3, -0.25) is 9.78 Å². The Balaban J connectivity index is 1.65. The number of hydrogen-bond acceptors (Lipinski definition) is 5. The maximum atomic E-state index is 13.2. The molecule has 1 unspecified atom stereocenters. The standard InChI is InChI=1S/C20H23N3O3/c1-14-3-4-19-18(9-14)23(13-15(2)26-19)20(24)16-10-17(12-21-11-16)22-5-7-25-8-6-22/h3-4,9-12,15H,5-8,13H2,1-2H3. The van der Waals surface area contributed by atoms with Crippen LogP contribution in [0.3, 0.4) is 0 Å². The molecule has 6 nitrogen and oxygen atoms in total. The summed E-state index contributed by atoms with van der Waals surface area (Å²) in [7, 11) is 0. The van der Waals surface area contributed by atoms with E-state index >= 15 is 0 Å². The lowest BCUT2D eigenvalue weighted by Gasteiger charge is -2.34. The number of ether oxygens (including phenoxy) is 2. The van der Waals surface area contributed by atoms with Crippen molar-refractivity contribution in [3.8, 4) is 5.75 Å². The molecule has 2 aliphatic rings. The summed E-state index contributed by atoms with van der Waals surface area (Å²) in [5.41, 5.74) is 3.48. The second-order valence-corrected chi connectivity index (χ2v) is 6.85. The summed E-state index contributed by atoms with van der Waals surface area (Å²) in [6.07, 6.45) is 3.40. The van der Waals surface area contributed by atoms with E-state index in [1.165, 1.54) is 0 Å². The van der Waals surface area contributed by atoms with Crippen molar-refractivity contribution < 1.29 is 14.3 Å². The molecule has 0 N–H and O–H groups in total. The number of morpholine rings is 1. The molecular weight excluding hydrogens is 330 g/mol. The maximum absolute atomic E-state index is 13.2. The van der Waals surface area contributed by atoms with Crippen LogP contribution < -0.4 is 14.5 Å². The van der Waals surface area contributed by atoms with Gasteiger partial charge in [-0.05, 0) is 37.6 Å². The highest BCUT2D eigenvalue weighted by molar-refractivity contribution is 6.07. The molecule has 1 aromatic carbocycles. The molecular formula is C20H23N3O3. The van der Waals surface area contributed by atoms with Gasteiger partial charge in [-0.2, -0.15) is 0 Å². The smallest absolute Gasteiger partial charge is 0.260 e. The Bertz CT molecular complexity index is 818. The highest BCUT2D eigenvalue weighted by Gasteiger charge is 2.29. The minimum atomic E-state index is -0.0514. The summed E-state index contributed by atoms with van der Waals surface area (Å²) < 4.78 is 11.3. The third kappa shape index (κ3) is 3.24. The number of benzene rings is 1. The topological polar surface area (TPSA) is 54.9 Å². The van der Waals surface area contributed by atoms with Crippen molar-refractivity contribution in [1.29, 1.82) is 0 Å². The van der Waals surface area contributed by atoms with E-state index in [0.29, 0.717) is 25.3 Å². The van der Waals surface area contributed by atoms with Crippen molar-refractivity contribution in [2.24, 2.45) is 0 Å². The molecule has 6 heteroatoms. The average molecular weight is 353 g/mol. The second-order valence-electron chi connectivity index (χ2n) is 6.85. The van der Waals surface area contributed by atoms with Crippen molar-refractivity contribution >= 4 is 17.3 Å². The van der Waals surface area contributed by atoms with Crippen molar-refractivity contribution in [3.05, 3.63) is 47.8 Å². The third-order valence-electron chi connectivity index (χ3n) is 4.77. The Hall–Kier alpha value is -2.60. The van der Waals surface area contributed by atoms with Gasteiger partial charge in [-0.1, -0.05) is 6.07 Å².